The van der Waals surface area contributed by atoms with Crippen LogP contribution in [-0.2, 0) is 13.1 Å². The molecule has 0 saturated carbocycles. The molecule has 0 fully saturated rings. The highest BCUT2D eigenvalue weighted by Gasteiger charge is 2.16. The van der Waals surface area contributed by atoms with Crippen LogP contribution in [0.5, 0.6) is 0 Å². The second kappa shape index (κ2) is 7.65. The Kier molecular flexibility index (Phi) is 4.48. The number of fused-ring (bicyclic) bond motifs is 3. The van der Waals surface area contributed by atoms with Gasteiger partial charge in [0.2, 0.25) is 0 Å². The van der Waals surface area contributed by atoms with Crippen molar-refractivity contribution >= 4 is 33.0 Å². The minimum absolute atomic E-state index is 0.237. The highest BCUT2D eigenvalue weighted by molar-refractivity contribution is 5.97. The number of nitrogens with two attached hydrogens (primary N) is 1. The molecule has 0 spiro atoms. The first-order valence-corrected chi connectivity index (χ1v) is 10.7. The lowest BCUT2D eigenvalue weighted by Gasteiger charge is -2.07. The van der Waals surface area contributed by atoms with Crippen molar-refractivity contribution in [3.63, 3.8) is 0 Å². The number of H-pyrrole nitrogens is 1. The number of para-hydroxylation sites is 1. The molecule has 3 aromatic heterocycles. The van der Waals surface area contributed by atoms with E-state index in [0.717, 1.165) is 33.1 Å². The van der Waals surface area contributed by atoms with Crippen molar-refractivity contribution in [1.29, 1.82) is 0 Å². The molecule has 7 nitrogen and oxygen atoms in total. The summed E-state index contributed by atoms with van der Waals surface area (Å²) >= 11 is 0. The van der Waals surface area contributed by atoms with Crippen LogP contribution in [0.15, 0.2) is 84.0 Å². The van der Waals surface area contributed by atoms with Gasteiger partial charge in [-0.05, 0) is 29.3 Å². The van der Waals surface area contributed by atoms with Crippen molar-refractivity contribution in [2.75, 3.05) is 0 Å². The molecule has 0 radical (unpaired) electrons. The molecule has 6 rings (SSSR count). The van der Waals surface area contributed by atoms with Gasteiger partial charge in [0.05, 0.1) is 22.1 Å². The molecule has 0 aliphatic carbocycles. The van der Waals surface area contributed by atoms with E-state index in [1.165, 1.54) is 0 Å². The number of hydrogen-bond donors (Lipinski definition) is 2. The number of hydrogen-bond acceptors (Lipinski definition) is 5. The van der Waals surface area contributed by atoms with E-state index < -0.39 is 0 Å². The average Bonchev–Trinajstić information content (AvgIpc) is 3.20. The minimum Gasteiger partial charge on any atom is -0.342 e. The molecule has 0 aliphatic heterocycles. The highest BCUT2D eigenvalue weighted by atomic mass is 16.1. The minimum atomic E-state index is -0.237. The summed E-state index contributed by atoms with van der Waals surface area (Å²) in [6, 6.07) is 20.0. The molecular formula is C26H20N6O. The van der Waals surface area contributed by atoms with Crippen molar-refractivity contribution in [3.8, 4) is 11.3 Å². The number of nitrogens with zero attached hydrogens (tertiary/aromatic N) is 4. The monoisotopic (exact) mass is 432 g/mol. The van der Waals surface area contributed by atoms with Crippen LogP contribution < -0.4 is 11.3 Å². The second-order valence-corrected chi connectivity index (χ2v) is 8.04. The molecule has 0 atom stereocenters. The molecule has 6 aromatic rings. The van der Waals surface area contributed by atoms with Crippen molar-refractivity contribution in [2.24, 2.45) is 5.73 Å². The first kappa shape index (κ1) is 19.3. The zero-order chi connectivity index (χ0) is 22.4. The van der Waals surface area contributed by atoms with Crippen LogP contribution in [0.4, 0.5) is 0 Å². The summed E-state index contributed by atoms with van der Waals surface area (Å²) in [5, 5.41) is 0.977. The van der Waals surface area contributed by atoms with Gasteiger partial charge in [-0.25, -0.2) is 4.98 Å². The first-order valence-electron chi connectivity index (χ1n) is 10.7. The highest BCUT2D eigenvalue weighted by Crippen LogP contribution is 2.29. The standard InChI is InChI=1S/C26H20N6O/c27-13-16-4-3-5-17(10-16)14-32-15-19(18-6-1-2-7-24(18)32)25-26(33)31-23-12-21-20(11-22(23)30-25)28-8-9-29-21/h1-12,15H,13-14,27H2,(H,31,33). The van der Waals surface area contributed by atoms with E-state index in [1.807, 2.05) is 48.7 Å². The Morgan fingerprint density at radius 1 is 0.879 bits per heavy atom. The Morgan fingerprint density at radius 2 is 1.67 bits per heavy atom. The largest absolute Gasteiger partial charge is 0.342 e. The molecule has 0 amide bonds. The fourth-order valence-corrected chi connectivity index (χ4v) is 4.35. The van der Waals surface area contributed by atoms with Crippen molar-refractivity contribution in [3.05, 3.63) is 101 Å². The van der Waals surface area contributed by atoms with Gasteiger partial charge >= 0.3 is 0 Å². The maximum Gasteiger partial charge on any atom is 0.275 e. The normalized spacial score (nSPS) is 11.5. The van der Waals surface area contributed by atoms with Crippen LogP contribution in [0.25, 0.3) is 44.2 Å². The van der Waals surface area contributed by atoms with Crippen LogP contribution in [0, 0.1) is 0 Å². The van der Waals surface area contributed by atoms with E-state index in [1.54, 1.807) is 12.4 Å². The van der Waals surface area contributed by atoms with E-state index in [4.69, 9.17) is 10.7 Å². The van der Waals surface area contributed by atoms with Gasteiger partial charge in [-0.2, -0.15) is 0 Å². The molecule has 7 heteroatoms. The summed E-state index contributed by atoms with van der Waals surface area (Å²) in [7, 11) is 0. The molecule has 3 heterocycles. The molecule has 0 unspecified atom stereocenters. The van der Waals surface area contributed by atoms with Crippen molar-refractivity contribution < 1.29 is 0 Å². The van der Waals surface area contributed by atoms with Crippen LogP contribution in [-0.4, -0.2) is 24.5 Å². The summed E-state index contributed by atoms with van der Waals surface area (Å²) in [5.41, 5.74) is 12.8. The van der Waals surface area contributed by atoms with Crippen LogP contribution in [0.1, 0.15) is 11.1 Å². The molecule has 3 N–H and O–H groups in total. The summed E-state index contributed by atoms with van der Waals surface area (Å²) < 4.78 is 2.15. The van der Waals surface area contributed by atoms with Crippen LogP contribution in [0.2, 0.25) is 0 Å². The van der Waals surface area contributed by atoms with Crippen LogP contribution in [0.3, 0.4) is 0 Å². The van der Waals surface area contributed by atoms with E-state index in [-0.39, 0.29) is 5.56 Å². The third kappa shape index (κ3) is 3.35. The lowest BCUT2D eigenvalue weighted by atomic mass is 10.1. The molecule has 33 heavy (non-hydrogen) atoms. The average molecular weight is 432 g/mol. The zero-order valence-corrected chi connectivity index (χ0v) is 17.7. The Bertz CT molecular complexity index is 1720. The number of benzene rings is 3. The lowest BCUT2D eigenvalue weighted by Crippen LogP contribution is -2.11. The van der Waals surface area contributed by atoms with E-state index >= 15 is 0 Å². The second-order valence-electron chi connectivity index (χ2n) is 8.04. The van der Waals surface area contributed by atoms with Gasteiger partial charge < -0.3 is 15.3 Å². The summed E-state index contributed by atoms with van der Waals surface area (Å²) in [6.45, 7) is 1.17. The quantitative estimate of drug-likeness (QED) is 0.410. The lowest BCUT2D eigenvalue weighted by molar-refractivity contribution is 0.834. The summed E-state index contributed by atoms with van der Waals surface area (Å²) in [6.07, 6.45) is 5.28. The predicted molar refractivity (Wildman–Crippen MR) is 130 cm³/mol. The van der Waals surface area contributed by atoms with Gasteiger partial charge in [-0.3, -0.25) is 14.8 Å². The van der Waals surface area contributed by atoms with E-state index in [9.17, 15) is 4.79 Å². The van der Waals surface area contributed by atoms with Gasteiger partial charge in [-0.15, -0.1) is 0 Å². The van der Waals surface area contributed by atoms with E-state index in [0.29, 0.717) is 35.3 Å². The maximum atomic E-state index is 13.1. The molecule has 0 bridgehead atoms. The smallest absolute Gasteiger partial charge is 0.275 e. The summed E-state index contributed by atoms with van der Waals surface area (Å²) in [5.74, 6) is 0. The van der Waals surface area contributed by atoms with Crippen molar-refractivity contribution in [1.82, 2.24) is 24.5 Å². The zero-order valence-electron chi connectivity index (χ0n) is 17.7. The maximum absolute atomic E-state index is 13.1. The summed E-state index contributed by atoms with van der Waals surface area (Å²) in [4.78, 5) is 29.5. The van der Waals surface area contributed by atoms with Crippen molar-refractivity contribution in [2.45, 2.75) is 13.1 Å². The third-order valence-electron chi connectivity index (χ3n) is 5.91. The number of rotatable bonds is 4. The number of aromatic nitrogens is 5. The SMILES string of the molecule is NCc1cccc(Cn2cc(-c3nc4cc5nccnc5cc4[nH]c3=O)c3ccccc32)c1. The van der Waals surface area contributed by atoms with Gasteiger partial charge in [0.1, 0.15) is 5.69 Å². The van der Waals surface area contributed by atoms with Gasteiger partial charge in [-0.1, -0.05) is 42.5 Å². The van der Waals surface area contributed by atoms with Crippen LogP contribution >= 0.6 is 0 Å². The van der Waals surface area contributed by atoms with Gasteiger partial charge in [0.25, 0.3) is 5.56 Å². The third-order valence-corrected chi connectivity index (χ3v) is 5.91. The Labute approximate surface area is 188 Å². The fourth-order valence-electron chi connectivity index (χ4n) is 4.35. The number of nitrogens with one attached hydrogen (secondary N) is 1. The Morgan fingerprint density at radius 3 is 2.52 bits per heavy atom. The molecule has 3 aromatic carbocycles. The predicted octanol–water partition coefficient (Wildman–Crippen LogP) is 4.00. The Hall–Kier alpha value is -4.36. The Balaban J connectivity index is 1.53. The molecule has 0 aliphatic rings. The topological polar surface area (TPSA) is 102 Å². The van der Waals surface area contributed by atoms with Gasteiger partial charge in [0.15, 0.2) is 0 Å². The number of aromatic amines is 1. The molecule has 160 valence electrons. The van der Waals surface area contributed by atoms with E-state index in [2.05, 4.69) is 37.7 Å². The molecule has 0 saturated heterocycles. The first-order chi connectivity index (χ1) is 16.2. The van der Waals surface area contributed by atoms with Gasteiger partial charge in [0, 0.05) is 48.1 Å². The molecular weight excluding hydrogens is 412 g/mol. The fraction of sp³-hybridized carbons (Fsp3) is 0.0769.